The van der Waals surface area contributed by atoms with Crippen molar-refractivity contribution in [2.24, 2.45) is 0 Å². The Hall–Kier alpha value is -3.36. The van der Waals surface area contributed by atoms with Crippen molar-refractivity contribution in [2.75, 3.05) is 10.8 Å². The van der Waals surface area contributed by atoms with Crippen LogP contribution in [0.3, 0.4) is 0 Å². The maximum Gasteiger partial charge on any atom is 0.264 e. The fourth-order valence-corrected chi connectivity index (χ4v) is 5.68. The van der Waals surface area contributed by atoms with Crippen LogP contribution in [0.2, 0.25) is 5.02 Å². The summed E-state index contributed by atoms with van der Waals surface area (Å²) in [4.78, 5) is 28.6. The first-order valence-electron chi connectivity index (χ1n) is 12.5. The van der Waals surface area contributed by atoms with Gasteiger partial charge in [0.1, 0.15) is 12.6 Å². The molecular weight excluding hydrogens is 522 g/mol. The number of benzene rings is 3. The highest BCUT2D eigenvalue weighted by molar-refractivity contribution is 7.92. The SMILES string of the molecule is CC[C@H](C(=O)NC(C)C)N(Cc1ccccc1Cl)C(=O)CN(c1ccccc1)S(=O)(=O)c1ccc(C)cc1. The van der Waals surface area contributed by atoms with Gasteiger partial charge >= 0.3 is 0 Å². The molecule has 7 nitrogen and oxygen atoms in total. The molecular formula is C29H34ClN3O4S. The number of aryl methyl sites for hydroxylation is 1. The second kappa shape index (κ2) is 12.9. The van der Waals surface area contributed by atoms with Crippen LogP contribution >= 0.6 is 11.6 Å². The van der Waals surface area contributed by atoms with E-state index < -0.39 is 28.5 Å². The van der Waals surface area contributed by atoms with E-state index >= 15 is 0 Å². The Labute approximate surface area is 230 Å². The topological polar surface area (TPSA) is 86.8 Å². The quantitative estimate of drug-likeness (QED) is 0.353. The Bertz CT molecular complexity index is 1350. The van der Waals surface area contributed by atoms with Gasteiger partial charge in [0, 0.05) is 17.6 Å². The van der Waals surface area contributed by atoms with Crippen LogP contribution in [-0.4, -0.2) is 43.8 Å². The number of halogens is 1. The molecule has 0 saturated carbocycles. The molecule has 1 N–H and O–H groups in total. The first-order valence-corrected chi connectivity index (χ1v) is 14.3. The van der Waals surface area contributed by atoms with Gasteiger partial charge in [0.25, 0.3) is 10.0 Å². The lowest BCUT2D eigenvalue weighted by Gasteiger charge is -2.33. The molecule has 202 valence electrons. The molecule has 2 amide bonds. The van der Waals surface area contributed by atoms with E-state index in [0.717, 1.165) is 9.87 Å². The first kappa shape index (κ1) is 29.2. The van der Waals surface area contributed by atoms with Gasteiger partial charge in [-0.2, -0.15) is 0 Å². The Morgan fingerprint density at radius 3 is 2.11 bits per heavy atom. The number of nitrogens with zero attached hydrogens (tertiary/aromatic N) is 2. The second-order valence-corrected chi connectivity index (χ2v) is 11.6. The van der Waals surface area contributed by atoms with E-state index in [1.807, 2.05) is 27.7 Å². The average molecular weight is 556 g/mol. The van der Waals surface area contributed by atoms with Gasteiger partial charge in [0.2, 0.25) is 11.8 Å². The average Bonchev–Trinajstić information content (AvgIpc) is 2.88. The van der Waals surface area contributed by atoms with Crippen molar-refractivity contribution in [3.8, 4) is 0 Å². The van der Waals surface area contributed by atoms with Crippen LogP contribution in [0.15, 0.2) is 83.8 Å². The molecule has 0 unspecified atom stereocenters. The molecule has 1 atom stereocenters. The van der Waals surface area contributed by atoms with Crippen molar-refractivity contribution in [1.82, 2.24) is 10.2 Å². The summed E-state index contributed by atoms with van der Waals surface area (Å²) in [5.74, 6) is -0.828. The predicted molar refractivity (Wildman–Crippen MR) is 152 cm³/mol. The third-order valence-corrected chi connectivity index (χ3v) is 8.20. The third kappa shape index (κ3) is 7.14. The van der Waals surface area contributed by atoms with Gasteiger partial charge < -0.3 is 10.2 Å². The number of amides is 2. The lowest BCUT2D eigenvalue weighted by Crippen LogP contribution is -2.53. The normalized spacial score (nSPS) is 12.2. The molecule has 0 radical (unpaired) electrons. The Morgan fingerprint density at radius 1 is 0.921 bits per heavy atom. The van der Waals surface area contributed by atoms with E-state index in [-0.39, 0.29) is 23.4 Å². The zero-order valence-corrected chi connectivity index (χ0v) is 23.7. The van der Waals surface area contributed by atoms with Gasteiger partial charge in [0.05, 0.1) is 10.6 Å². The standard InChI is InChI=1S/C29H34ClN3O4S/c1-5-27(29(35)31-21(2)3)32(19-23-11-9-10-14-26(23)30)28(34)20-33(24-12-7-6-8-13-24)38(36,37)25-17-15-22(4)16-18-25/h6-18,21,27H,5,19-20H2,1-4H3,(H,31,35)/t27-/m1/s1. The number of anilines is 1. The minimum absolute atomic E-state index is 0.0513. The monoisotopic (exact) mass is 555 g/mol. The molecule has 0 aliphatic rings. The predicted octanol–water partition coefficient (Wildman–Crippen LogP) is 5.18. The zero-order valence-electron chi connectivity index (χ0n) is 22.1. The van der Waals surface area contributed by atoms with Crippen LogP contribution < -0.4 is 9.62 Å². The number of nitrogens with one attached hydrogen (secondary N) is 1. The number of carbonyl (C=O) groups is 2. The fourth-order valence-electron chi connectivity index (χ4n) is 4.07. The van der Waals surface area contributed by atoms with Crippen LogP contribution in [0.25, 0.3) is 0 Å². The zero-order chi connectivity index (χ0) is 27.9. The number of hydrogen-bond donors (Lipinski definition) is 1. The molecule has 0 bridgehead atoms. The highest BCUT2D eigenvalue weighted by Gasteiger charge is 2.34. The van der Waals surface area contributed by atoms with Crippen molar-refractivity contribution in [1.29, 1.82) is 0 Å². The van der Waals surface area contributed by atoms with E-state index in [4.69, 9.17) is 11.6 Å². The lowest BCUT2D eigenvalue weighted by molar-refractivity contribution is -0.140. The molecule has 3 rings (SSSR count). The summed E-state index contributed by atoms with van der Waals surface area (Å²) in [5.41, 5.74) is 1.92. The molecule has 0 fully saturated rings. The van der Waals surface area contributed by atoms with Crippen molar-refractivity contribution >= 4 is 39.1 Å². The summed E-state index contributed by atoms with van der Waals surface area (Å²) in [6.07, 6.45) is 0.338. The largest absolute Gasteiger partial charge is 0.352 e. The molecule has 3 aromatic rings. The lowest BCUT2D eigenvalue weighted by atomic mass is 10.1. The Balaban J connectivity index is 2.05. The van der Waals surface area contributed by atoms with Gasteiger partial charge in [-0.1, -0.05) is 72.6 Å². The summed E-state index contributed by atoms with van der Waals surface area (Å²) < 4.78 is 28.7. The molecule has 0 aliphatic carbocycles. The van der Waals surface area contributed by atoms with Crippen molar-refractivity contribution < 1.29 is 18.0 Å². The molecule has 0 aromatic heterocycles. The summed E-state index contributed by atoms with van der Waals surface area (Å²) >= 11 is 6.41. The summed E-state index contributed by atoms with van der Waals surface area (Å²) in [6.45, 7) is 6.93. The van der Waals surface area contributed by atoms with Crippen LogP contribution in [0.5, 0.6) is 0 Å². The van der Waals surface area contributed by atoms with Crippen molar-refractivity contribution in [3.05, 3.63) is 95.0 Å². The highest BCUT2D eigenvalue weighted by Crippen LogP contribution is 2.26. The van der Waals surface area contributed by atoms with E-state index in [0.29, 0.717) is 22.7 Å². The van der Waals surface area contributed by atoms with Crippen LogP contribution in [0.4, 0.5) is 5.69 Å². The smallest absolute Gasteiger partial charge is 0.264 e. The van der Waals surface area contributed by atoms with Crippen molar-refractivity contribution in [2.45, 2.75) is 57.6 Å². The molecule has 9 heteroatoms. The number of hydrogen-bond acceptors (Lipinski definition) is 4. The second-order valence-electron chi connectivity index (χ2n) is 9.36. The third-order valence-electron chi connectivity index (χ3n) is 6.05. The van der Waals surface area contributed by atoms with Crippen LogP contribution in [-0.2, 0) is 26.2 Å². The molecule has 0 spiro atoms. The number of para-hydroxylation sites is 1. The maximum absolute atomic E-state index is 14.0. The van der Waals surface area contributed by atoms with E-state index in [1.165, 1.54) is 17.0 Å². The molecule has 38 heavy (non-hydrogen) atoms. The van der Waals surface area contributed by atoms with Gasteiger partial charge in [-0.15, -0.1) is 0 Å². The summed E-state index contributed by atoms with van der Waals surface area (Å²) in [7, 11) is -4.09. The van der Waals surface area contributed by atoms with Crippen LogP contribution in [0.1, 0.15) is 38.3 Å². The number of rotatable bonds is 11. The summed E-state index contributed by atoms with van der Waals surface area (Å²) in [5, 5.41) is 3.33. The molecule has 0 heterocycles. The highest BCUT2D eigenvalue weighted by atomic mass is 35.5. The molecule has 0 aliphatic heterocycles. The van der Waals surface area contributed by atoms with Crippen molar-refractivity contribution in [3.63, 3.8) is 0 Å². The van der Waals surface area contributed by atoms with Gasteiger partial charge in [-0.05, 0) is 63.1 Å². The van der Waals surface area contributed by atoms with Crippen LogP contribution in [0, 0.1) is 6.92 Å². The first-order chi connectivity index (χ1) is 18.0. The maximum atomic E-state index is 14.0. The van der Waals surface area contributed by atoms with Gasteiger partial charge in [0.15, 0.2) is 0 Å². The number of carbonyl (C=O) groups excluding carboxylic acids is 2. The minimum Gasteiger partial charge on any atom is -0.352 e. The molecule has 0 saturated heterocycles. The van der Waals surface area contributed by atoms with E-state index in [1.54, 1.807) is 66.7 Å². The molecule has 3 aromatic carbocycles. The van der Waals surface area contributed by atoms with Gasteiger partial charge in [-0.3, -0.25) is 13.9 Å². The van der Waals surface area contributed by atoms with E-state index in [9.17, 15) is 18.0 Å². The minimum atomic E-state index is -4.09. The fraction of sp³-hybridized carbons (Fsp3) is 0.310. The summed E-state index contributed by atoms with van der Waals surface area (Å²) in [6, 6.07) is 21.1. The Morgan fingerprint density at radius 2 is 1.53 bits per heavy atom. The Kier molecular flexibility index (Phi) is 9.94. The number of sulfonamides is 1. The van der Waals surface area contributed by atoms with Gasteiger partial charge in [-0.25, -0.2) is 8.42 Å². The van der Waals surface area contributed by atoms with E-state index in [2.05, 4.69) is 5.32 Å².